The Morgan fingerprint density at radius 1 is 1.03 bits per heavy atom. The second kappa shape index (κ2) is 14.4. The molecular formula is C29H34O8. The Balaban J connectivity index is 1.35. The first-order chi connectivity index (χ1) is 17.8. The number of esters is 1. The highest BCUT2D eigenvalue weighted by atomic mass is 16.5. The van der Waals surface area contributed by atoms with Gasteiger partial charge in [-0.3, -0.25) is 14.4 Å². The van der Waals surface area contributed by atoms with E-state index in [1.165, 1.54) is 6.92 Å². The summed E-state index contributed by atoms with van der Waals surface area (Å²) in [5.41, 5.74) is 0.555. The van der Waals surface area contributed by atoms with Crippen LogP contribution in [0.3, 0.4) is 0 Å². The van der Waals surface area contributed by atoms with E-state index >= 15 is 0 Å². The second-order valence-corrected chi connectivity index (χ2v) is 9.07. The fraction of sp³-hybridized carbons (Fsp3) is 0.414. The van der Waals surface area contributed by atoms with Crippen molar-refractivity contribution in [2.24, 2.45) is 5.92 Å². The molecule has 2 N–H and O–H groups in total. The molecule has 4 atom stereocenters. The molecule has 8 nitrogen and oxygen atoms in total. The smallest absolute Gasteiger partial charge is 0.311 e. The van der Waals surface area contributed by atoms with Gasteiger partial charge in [-0.15, -0.1) is 0 Å². The number of Topliss-reactive ketones (excluding diaryl/α,β-unsaturated/α-hetero) is 2. The fourth-order valence-electron chi connectivity index (χ4n) is 4.06. The molecule has 2 aromatic rings. The van der Waals surface area contributed by atoms with E-state index in [4.69, 9.17) is 14.2 Å². The van der Waals surface area contributed by atoms with Crippen molar-refractivity contribution in [3.05, 3.63) is 72.3 Å². The predicted octanol–water partition coefficient (Wildman–Crippen LogP) is 3.69. The van der Waals surface area contributed by atoms with Crippen molar-refractivity contribution >= 4 is 17.5 Å². The molecule has 8 heteroatoms. The Morgan fingerprint density at radius 3 is 2.46 bits per heavy atom. The van der Waals surface area contributed by atoms with Gasteiger partial charge in [0.2, 0.25) is 0 Å². The van der Waals surface area contributed by atoms with Crippen LogP contribution in [0.5, 0.6) is 11.5 Å². The third-order valence-electron chi connectivity index (χ3n) is 6.07. The van der Waals surface area contributed by atoms with E-state index in [1.807, 2.05) is 30.4 Å². The Labute approximate surface area is 216 Å². The second-order valence-electron chi connectivity index (χ2n) is 9.07. The van der Waals surface area contributed by atoms with Crippen LogP contribution in [0.4, 0.5) is 0 Å². The molecule has 0 saturated heterocycles. The highest BCUT2D eigenvalue weighted by Crippen LogP contribution is 2.29. The van der Waals surface area contributed by atoms with E-state index in [1.54, 1.807) is 36.4 Å². The highest BCUT2D eigenvalue weighted by Gasteiger charge is 2.41. The lowest BCUT2D eigenvalue weighted by molar-refractivity contribution is -0.134. The number of benzene rings is 2. The molecule has 0 radical (unpaired) electrons. The molecule has 0 spiro atoms. The van der Waals surface area contributed by atoms with Crippen LogP contribution in [0.25, 0.3) is 0 Å². The highest BCUT2D eigenvalue weighted by molar-refractivity contribution is 5.94. The molecule has 2 aromatic carbocycles. The van der Waals surface area contributed by atoms with Crippen LogP contribution >= 0.6 is 0 Å². The van der Waals surface area contributed by atoms with E-state index < -0.39 is 24.2 Å². The Hall–Kier alpha value is -3.33. The number of carbonyl (C=O) groups excluding carboxylic acids is 3. The number of rotatable bonds is 14. The number of para-hydroxylation sites is 1. The standard InChI is InChI=1S/C29H34O8/c1-20(30)21-13-15-24(16-14-21)37-28(34)12-8-3-2-7-11-25-26(32)17-27(33)29(25)36-19-22(31)18-35-23-9-5-4-6-10-23/h2,4-7,9-10,13-16,22,25,27,29,31,33H,3,8,11-12,17-19H2,1H3/b7-2-/t22?,25-,27+,29+/m0/s1. The first kappa shape index (κ1) is 28.2. The van der Waals surface area contributed by atoms with Crippen LogP contribution in [-0.4, -0.2) is 59.3 Å². The Bertz CT molecular complexity index is 1050. The quantitative estimate of drug-likeness (QED) is 0.130. The van der Waals surface area contributed by atoms with Gasteiger partial charge >= 0.3 is 5.97 Å². The third kappa shape index (κ3) is 9.24. The van der Waals surface area contributed by atoms with Crippen LogP contribution in [0, 0.1) is 5.92 Å². The number of allylic oxidation sites excluding steroid dienone is 2. The summed E-state index contributed by atoms with van der Waals surface area (Å²) in [4.78, 5) is 35.7. The van der Waals surface area contributed by atoms with Crippen molar-refractivity contribution in [3.63, 3.8) is 0 Å². The molecule has 0 aliphatic heterocycles. The van der Waals surface area contributed by atoms with Crippen molar-refractivity contribution in [1.82, 2.24) is 0 Å². The lowest BCUT2D eigenvalue weighted by Crippen LogP contribution is -2.34. The van der Waals surface area contributed by atoms with Gasteiger partial charge in [0.1, 0.15) is 30.0 Å². The van der Waals surface area contributed by atoms with Gasteiger partial charge in [-0.25, -0.2) is 0 Å². The van der Waals surface area contributed by atoms with Crippen LogP contribution < -0.4 is 9.47 Å². The normalized spacial score (nSPS) is 20.2. The van der Waals surface area contributed by atoms with Gasteiger partial charge in [-0.1, -0.05) is 30.4 Å². The summed E-state index contributed by atoms with van der Waals surface area (Å²) in [6.07, 6.45) is 3.13. The third-order valence-corrected chi connectivity index (χ3v) is 6.07. The molecule has 0 bridgehead atoms. The minimum atomic E-state index is -0.910. The molecule has 0 amide bonds. The van der Waals surface area contributed by atoms with Crippen LogP contribution in [0.1, 0.15) is 49.4 Å². The topological polar surface area (TPSA) is 119 Å². The number of aliphatic hydroxyl groups excluding tert-OH is 2. The zero-order chi connectivity index (χ0) is 26.6. The van der Waals surface area contributed by atoms with Gasteiger partial charge in [0.15, 0.2) is 5.78 Å². The van der Waals surface area contributed by atoms with E-state index in [0.29, 0.717) is 36.3 Å². The maximum Gasteiger partial charge on any atom is 0.311 e. The molecule has 1 aliphatic carbocycles. The van der Waals surface area contributed by atoms with Crippen molar-refractivity contribution in [2.45, 2.75) is 57.3 Å². The maximum absolute atomic E-state index is 12.4. The van der Waals surface area contributed by atoms with E-state index in [0.717, 1.165) is 0 Å². The molecule has 198 valence electrons. The van der Waals surface area contributed by atoms with E-state index in [9.17, 15) is 24.6 Å². The largest absolute Gasteiger partial charge is 0.491 e. The zero-order valence-corrected chi connectivity index (χ0v) is 21.0. The van der Waals surface area contributed by atoms with Gasteiger partial charge in [0.25, 0.3) is 0 Å². The summed E-state index contributed by atoms with van der Waals surface area (Å²) in [5.74, 6) is 0.0561. The zero-order valence-electron chi connectivity index (χ0n) is 21.0. The van der Waals surface area contributed by atoms with Crippen LogP contribution in [-0.2, 0) is 14.3 Å². The van der Waals surface area contributed by atoms with E-state index in [-0.39, 0.29) is 43.6 Å². The molecule has 1 saturated carbocycles. The first-order valence-corrected chi connectivity index (χ1v) is 12.5. The summed E-state index contributed by atoms with van der Waals surface area (Å²) in [7, 11) is 0. The summed E-state index contributed by atoms with van der Waals surface area (Å²) in [6, 6.07) is 15.5. The molecule has 1 fully saturated rings. The average Bonchev–Trinajstić information content (AvgIpc) is 3.16. The molecule has 1 unspecified atom stereocenters. The Morgan fingerprint density at radius 2 is 1.76 bits per heavy atom. The maximum atomic E-state index is 12.4. The van der Waals surface area contributed by atoms with Crippen LogP contribution in [0.15, 0.2) is 66.7 Å². The van der Waals surface area contributed by atoms with Crippen molar-refractivity contribution in [3.8, 4) is 11.5 Å². The molecule has 3 rings (SSSR count). The lowest BCUT2D eigenvalue weighted by atomic mass is 9.99. The van der Waals surface area contributed by atoms with Crippen LogP contribution in [0.2, 0.25) is 0 Å². The number of ketones is 2. The van der Waals surface area contributed by atoms with E-state index in [2.05, 4.69) is 0 Å². The molecule has 37 heavy (non-hydrogen) atoms. The molecule has 0 heterocycles. The Kier molecular flexibility index (Phi) is 11.0. The summed E-state index contributed by atoms with van der Waals surface area (Å²) in [5, 5.41) is 20.4. The van der Waals surface area contributed by atoms with Crippen molar-refractivity contribution in [1.29, 1.82) is 0 Å². The minimum Gasteiger partial charge on any atom is -0.491 e. The monoisotopic (exact) mass is 510 g/mol. The number of unbranched alkanes of at least 4 members (excludes halogenated alkanes) is 1. The number of hydrogen-bond donors (Lipinski definition) is 2. The van der Waals surface area contributed by atoms with Crippen molar-refractivity contribution < 1.29 is 38.8 Å². The summed E-state index contributed by atoms with van der Waals surface area (Å²) >= 11 is 0. The number of hydrogen-bond acceptors (Lipinski definition) is 8. The summed E-state index contributed by atoms with van der Waals surface area (Å²) < 4.78 is 16.5. The molecule has 1 aliphatic rings. The number of aliphatic hydroxyl groups is 2. The first-order valence-electron chi connectivity index (χ1n) is 12.5. The van der Waals surface area contributed by atoms with Crippen molar-refractivity contribution in [2.75, 3.05) is 13.2 Å². The number of ether oxygens (including phenoxy) is 3. The fourth-order valence-corrected chi connectivity index (χ4v) is 4.06. The van der Waals surface area contributed by atoms with Gasteiger partial charge in [0.05, 0.1) is 18.8 Å². The van der Waals surface area contributed by atoms with Gasteiger partial charge in [-0.05, 0) is 62.6 Å². The lowest BCUT2D eigenvalue weighted by Gasteiger charge is -2.22. The van der Waals surface area contributed by atoms with Gasteiger partial charge in [-0.2, -0.15) is 0 Å². The number of carbonyl (C=O) groups is 3. The SMILES string of the molecule is CC(=O)c1ccc(OC(=O)CCC/C=C\C[C@H]2C(=O)C[C@@H](O)[C@@H]2OCC(O)COc2ccccc2)cc1. The predicted molar refractivity (Wildman–Crippen MR) is 136 cm³/mol. The van der Waals surface area contributed by atoms with Gasteiger partial charge in [0, 0.05) is 24.3 Å². The van der Waals surface area contributed by atoms with Gasteiger partial charge < -0.3 is 24.4 Å². The minimum absolute atomic E-state index is 0.0268. The summed E-state index contributed by atoms with van der Waals surface area (Å²) in [6.45, 7) is 1.46. The molecule has 0 aromatic heterocycles. The average molecular weight is 511 g/mol. The molecular weight excluding hydrogens is 476 g/mol.